The number of carbonyl (C=O) groups excluding carboxylic acids is 1. The zero-order valence-electron chi connectivity index (χ0n) is 13.2. The number of methoxy groups -OCH3 is 1. The van der Waals surface area contributed by atoms with Gasteiger partial charge in [0.05, 0.1) is 12.7 Å². The van der Waals surface area contributed by atoms with Crippen LogP contribution in [0.25, 0.3) is 0 Å². The summed E-state index contributed by atoms with van der Waals surface area (Å²) in [5.41, 5.74) is 0.362. The Kier molecular flexibility index (Phi) is 4.40. The van der Waals surface area contributed by atoms with Gasteiger partial charge in [-0.2, -0.15) is 0 Å². The smallest absolute Gasteiger partial charge is 0.196 e. The summed E-state index contributed by atoms with van der Waals surface area (Å²) in [4.78, 5) is 12.4. The van der Waals surface area contributed by atoms with Gasteiger partial charge in [0.1, 0.15) is 22.8 Å². The topological polar surface area (TPSA) is 55.8 Å². The maximum atomic E-state index is 12.4. The molecule has 0 aliphatic heterocycles. The molecule has 0 bridgehead atoms. The molecule has 2 rings (SSSR count). The summed E-state index contributed by atoms with van der Waals surface area (Å²) in [5, 5.41) is 10.1. The summed E-state index contributed by atoms with van der Waals surface area (Å²) < 4.78 is 10.7. The molecule has 0 aromatic heterocycles. The van der Waals surface area contributed by atoms with Crippen LogP contribution in [0.5, 0.6) is 17.2 Å². The number of hydrogen-bond donors (Lipinski definition) is 1. The second-order valence-corrected chi connectivity index (χ2v) is 5.95. The first kappa shape index (κ1) is 15.9. The van der Waals surface area contributed by atoms with Crippen LogP contribution < -0.4 is 9.47 Å². The van der Waals surface area contributed by atoms with Crippen molar-refractivity contribution < 1.29 is 19.4 Å². The van der Waals surface area contributed by atoms with E-state index in [0.29, 0.717) is 17.1 Å². The molecule has 0 fully saturated rings. The monoisotopic (exact) mass is 300 g/mol. The van der Waals surface area contributed by atoms with Crippen molar-refractivity contribution in [3.8, 4) is 17.2 Å². The number of phenolic OH excluding ortho intramolecular Hbond substituents is 1. The molecular weight excluding hydrogens is 280 g/mol. The SMILES string of the molecule is COc1ccc(C(=O)c2ccc(OC(C)(C)C)cc2O)cc1. The van der Waals surface area contributed by atoms with Crippen molar-refractivity contribution in [3.05, 3.63) is 53.6 Å². The molecule has 0 atom stereocenters. The van der Waals surface area contributed by atoms with E-state index in [0.717, 1.165) is 0 Å². The van der Waals surface area contributed by atoms with Gasteiger partial charge < -0.3 is 14.6 Å². The number of carbonyl (C=O) groups is 1. The highest BCUT2D eigenvalue weighted by Crippen LogP contribution is 2.28. The first-order valence-electron chi connectivity index (χ1n) is 7.01. The zero-order chi connectivity index (χ0) is 16.3. The summed E-state index contributed by atoms with van der Waals surface area (Å²) in [7, 11) is 1.57. The van der Waals surface area contributed by atoms with Gasteiger partial charge in [-0.1, -0.05) is 0 Å². The van der Waals surface area contributed by atoms with Gasteiger partial charge in [0.2, 0.25) is 0 Å². The molecule has 0 saturated carbocycles. The van der Waals surface area contributed by atoms with E-state index in [-0.39, 0.29) is 22.7 Å². The Bertz CT molecular complexity index is 666. The van der Waals surface area contributed by atoms with Crippen LogP contribution in [0.2, 0.25) is 0 Å². The lowest BCUT2D eigenvalue weighted by molar-refractivity contribution is 0.103. The molecule has 0 aliphatic carbocycles. The Morgan fingerprint density at radius 2 is 1.59 bits per heavy atom. The Hall–Kier alpha value is -2.49. The number of ether oxygens (including phenoxy) is 2. The summed E-state index contributed by atoms with van der Waals surface area (Å²) in [6.07, 6.45) is 0. The maximum absolute atomic E-state index is 12.4. The lowest BCUT2D eigenvalue weighted by Gasteiger charge is -2.21. The van der Waals surface area contributed by atoms with Crippen molar-refractivity contribution >= 4 is 5.78 Å². The fourth-order valence-corrected chi connectivity index (χ4v) is 2.02. The number of phenols is 1. The lowest BCUT2D eigenvalue weighted by atomic mass is 10.0. The van der Waals surface area contributed by atoms with Crippen molar-refractivity contribution in [1.82, 2.24) is 0 Å². The molecule has 22 heavy (non-hydrogen) atoms. The summed E-state index contributed by atoms with van der Waals surface area (Å²) in [5.74, 6) is 0.857. The summed E-state index contributed by atoms with van der Waals surface area (Å²) >= 11 is 0. The van der Waals surface area contributed by atoms with Crippen molar-refractivity contribution in [1.29, 1.82) is 0 Å². The fraction of sp³-hybridized carbons (Fsp3) is 0.278. The third kappa shape index (κ3) is 3.79. The predicted molar refractivity (Wildman–Crippen MR) is 84.9 cm³/mol. The van der Waals surface area contributed by atoms with Gasteiger partial charge in [-0.25, -0.2) is 0 Å². The van der Waals surface area contributed by atoms with Crippen LogP contribution in [0.15, 0.2) is 42.5 Å². The third-order valence-electron chi connectivity index (χ3n) is 2.99. The van der Waals surface area contributed by atoms with E-state index in [9.17, 15) is 9.90 Å². The van der Waals surface area contributed by atoms with Gasteiger partial charge in [-0.3, -0.25) is 4.79 Å². The van der Waals surface area contributed by atoms with E-state index >= 15 is 0 Å². The van der Waals surface area contributed by atoms with Crippen LogP contribution in [-0.4, -0.2) is 23.6 Å². The molecule has 0 aliphatic rings. The summed E-state index contributed by atoms with van der Waals surface area (Å²) in [6.45, 7) is 5.75. The normalized spacial score (nSPS) is 11.1. The number of hydrogen-bond acceptors (Lipinski definition) is 4. The largest absolute Gasteiger partial charge is 0.507 e. The quantitative estimate of drug-likeness (QED) is 0.872. The summed E-state index contributed by atoms with van der Waals surface area (Å²) in [6, 6.07) is 11.5. The molecule has 2 aromatic rings. The van der Waals surface area contributed by atoms with Crippen LogP contribution in [0, 0.1) is 0 Å². The van der Waals surface area contributed by atoms with E-state index in [2.05, 4.69) is 0 Å². The van der Waals surface area contributed by atoms with E-state index in [4.69, 9.17) is 9.47 Å². The average molecular weight is 300 g/mol. The number of ketones is 1. The first-order chi connectivity index (χ1) is 10.3. The highest BCUT2D eigenvalue weighted by atomic mass is 16.5. The van der Waals surface area contributed by atoms with Crippen molar-refractivity contribution in [2.45, 2.75) is 26.4 Å². The fourth-order valence-electron chi connectivity index (χ4n) is 2.02. The van der Waals surface area contributed by atoms with Crippen LogP contribution in [0.4, 0.5) is 0 Å². The molecule has 2 aromatic carbocycles. The standard InChI is InChI=1S/C18H20O4/c1-18(2,3)22-14-9-10-15(16(19)11-14)17(20)12-5-7-13(21-4)8-6-12/h5-11,19H,1-4H3. The molecule has 4 nitrogen and oxygen atoms in total. The number of aromatic hydroxyl groups is 1. The van der Waals surface area contributed by atoms with E-state index in [1.807, 2.05) is 20.8 Å². The van der Waals surface area contributed by atoms with Crippen LogP contribution in [0.1, 0.15) is 36.7 Å². The molecule has 4 heteroatoms. The molecule has 1 N–H and O–H groups in total. The Morgan fingerprint density at radius 1 is 1.00 bits per heavy atom. The molecule has 0 radical (unpaired) electrons. The third-order valence-corrected chi connectivity index (χ3v) is 2.99. The molecule has 116 valence electrons. The van der Waals surface area contributed by atoms with E-state index in [1.165, 1.54) is 6.07 Å². The van der Waals surface area contributed by atoms with Gasteiger partial charge >= 0.3 is 0 Å². The minimum absolute atomic E-state index is 0.0948. The van der Waals surface area contributed by atoms with Gasteiger partial charge in [-0.15, -0.1) is 0 Å². The highest BCUT2D eigenvalue weighted by molar-refractivity contribution is 6.10. The van der Waals surface area contributed by atoms with Crippen LogP contribution in [-0.2, 0) is 0 Å². The first-order valence-corrected chi connectivity index (χ1v) is 7.01. The van der Waals surface area contributed by atoms with Crippen molar-refractivity contribution in [3.63, 3.8) is 0 Å². The molecule has 0 amide bonds. The Morgan fingerprint density at radius 3 is 2.09 bits per heavy atom. The molecule has 0 unspecified atom stereocenters. The van der Waals surface area contributed by atoms with Crippen molar-refractivity contribution in [2.75, 3.05) is 7.11 Å². The number of rotatable bonds is 4. The second kappa shape index (κ2) is 6.10. The average Bonchev–Trinajstić information content (AvgIpc) is 2.45. The van der Waals surface area contributed by atoms with Gasteiger partial charge in [-0.05, 0) is 57.2 Å². The van der Waals surface area contributed by atoms with Crippen molar-refractivity contribution in [2.24, 2.45) is 0 Å². The van der Waals surface area contributed by atoms with E-state index in [1.54, 1.807) is 43.5 Å². The van der Waals surface area contributed by atoms with Gasteiger partial charge in [0.25, 0.3) is 0 Å². The minimum atomic E-state index is -0.367. The van der Waals surface area contributed by atoms with Gasteiger partial charge in [0, 0.05) is 11.6 Å². The molecule has 0 heterocycles. The Balaban J connectivity index is 2.26. The molecule has 0 spiro atoms. The van der Waals surface area contributed by atoms with Crippen LogP contribution in [0.3, 0.4) is 0 Å². The Labute approximate surface area is 130 Å². The predicted octanol–water partition coefficient (Wildman–Crippen LogP) is 3.81. The lowest BCUT2D eigenvalue weighted by Crippen LogP contribution is -2.22. The molecular formula is C18H20O4. The van der Waals surface area contributed by atoms with Crippen LogP contribution >= 0.6 is 0 Å². The minimum Gasteiger partial charge on any atom is -0.507 e. The maximum Gasteiger partial charge on any atom is 0.196 e. The molecule has 0 saturated heterocycles. The second-order valence-electron chi connectivity index (χ2n) is 5.95. The highest BCUT2D eigenvalue weighted by Gasteiger charge is 2.17. The van der Waals surface area contributed by atoms with Gasteiger partial charge in [0.15, 0.2) is 5.78 Å². The zero-order valence-corrected chi connectivity index (χ0v) is 13.2. The van der Waals surface area contributed by atoms with E-state index < -0.39 is 0 Å². The number of benzene rings is 2.